The first kappa shape index (κ1) is 15.4. The van der Waals surface area contributed by atoms with Gasteiger partial charge in [-0.15, -0.1) is 0 Å². The molecule has 0 spiro atoms. The fourth-order valence-electron chi connectivity index (χ4n) is 2.29. The fraction of sp³-hybridized carbons (Fsp3) is 1.00. The Morgan fingerprint density at radius 3 is 2.41 bits per heavy atom. The van der Waals surface area contributed by atoms with Crippen molar-refractivity contribution in [2.24, 2.45) is 5.92 Å². The highest BCUT2D eigenvalue weighted by molar-refractivity contribution is 9.09. The Bertz CT molecular complexity index is 321. The fourth-order valence-corrected chi connectivity index (χ4v) is 4.89. The van der Waals surface area contributed by atoms with Gasteiger partial charge in [-0.1, -0.05) is 36.2 Å². The molecule has 1 N–H and O–H groups in total. The Kier molecular flexibility index (Phi) is 5.93. The number of nitrogens with one attached hydrogen (secondary N) is 1. The molecular formula is C12H24BrNO2S. The molecule has 5 heteroatoms. The van der Waals surface area contributed by atoms with Crippen molar-refractivity contribution >= 4 is 26.0 Å². The van der Waals surface area contributed by atoms with Gasteiger partial charge in [0.25, 0.3) is 0 Å². The lowest BCUT2D eigenvalue weighted by molar-refractivity contribution is 0.250. The summed E-state index contributed by atoms with van der Waals surface area (Å²) in [5.74, 6) is 0.982. The maximum Gasteiger partial charge on any atom is 0.212 e. The Hall–Kier alpha value is 0.390. The summed E-state index contributed by atoms with van der Waals surface area (Å²) in [6.45, 7) is 4.25. The summed E-state index contributed by atoms with van der Waals surface area (Å²) in [5, 5.41) is 0.720. The molecule has 1 saturated carbocycles. The lowest BCUT2D eigenvalue weighted by atomic mass is 9.79. The van der Waals surface area contributed by atoms with Gasteiger partial charge in [0.2, 0.25) is 10.0 Å². The summed E-state index contributed by atoms with van der Waals surface area (Å²) >= 11 is 3.48. The van der Waals surface area contributed by atoms with Gasteiger partial charge < -0.3 is 0 Å². The van der Waals surface area contributed by atoms with Crippen molar-refractivity contribution < 1.29 is 8.42 Å². The highest BCUT2D eigenvalue weighted by atomic mass is 79.9. The van der Waals surface area contributed by atoms with Gasteiger partial charge in [-0.3, -0.25) is 0 Å². The second-order valence-corrected chi connectivity index (χ2v) is 7.77. The van der Waals surface area contributed by atoms with Crippen molar-refractivity contribution in [3.8, 4) is 0 Å². The molecule has 0 saturated heterocycles. The predicted molar refractivity (Wildman–Crippen MR) is 76.0 cm³/mol. The maximum atomic E-state index is 12.0. The van der Waals surface area contributed by atoms with Crippen LogP contribution >= 0.6 is 15.9 Å². The highest BCUT2D eigenvalue weighted by Crippen LogP contribution is 2.33. The van der Waals surface area contributed by atoms with Gasteiger partial charge in [-0.05, 0) is 38.0 Å². The van der Waals surface area contributed by atoms with Crippen LogP contribution in [0.4, 0.5) is 0 Å². The molecule has 0 bridgehead atoms. The van der Waals surface area contributed by atoms with Crippen LogP contribution in [0, 0.1) is 5.92 Å². The smallest absolute Gasteiger partial charge is 0.212 e. The summed E-state index contributed by atoms with van der Waals surface area (Å²) in [7, 11) is -3.11. The van der Waals surface area contributed by atoms with Crippen LogP contribution in [-0.2, 0) is 10.0 Å². The van der Waals surface area contributed by atoms with Crippen LogP contribution in [0.25, 0.3) is 0 Å². The van der Waals surface area contributed by atoms with E-state index in [-0.39, 0.29) is 11.3 Å². The van der Waals surface area contributed by atoms with E-state index in [1.54, 1.807) is 0 Å². The molecule has 0 aromatic rings. The Balaban J connectivity index is 2.62. The Labute approximate surface area is 114 Å². The van der Waals surface area contributed by atoms with Gasteiger partial charge in [0.15, 0.2) is 0 Å². The molecule has 0 atom stereocenters. The van der Waals surface area contributed by atoms with Crippen molar-refractivity contribution in [1.82, 2.24) is 4.72 Å². The first-order valence-corrected chi connectivity index (χ1v) is 9.28. The molecule has 1 aliphatic carbocycles. The molecule has 1 aliphatic rings. The molecule has 102 valence electrons. The van der Waals surface area contributed by atoms with E-state index in [2.05, 4.69) is 27.6 Å². The van der Waals surface area contributed by atoms with Crippen molar-refractivity contribution in [3.05, 3.63) is 0 Å². The van der Waals surface area contributed by atoms with E-state index in [0.717, 1.165) is 49.8 Å². The summed E-state index contributed by atoms with van der Waals surface area (Å²) in [6.07, 6.45) is 5.78. The molecule has 17 heavy (non-hydrogen) atoms. The predicted octanol–water partition coefficient (Wildman–Crippen LogP) is 3.05. The van der Waals surface area contributed by atoms with Gasteiger partial charge in [0.05, 0.1) is 5.75 Å². The number of alkyl halides is 1. The lowest BCUT2D eigenvalue weighted by Gasteiger charge is -2.38. The largest absolute Gasteiger partial charge is 0.212 e. The number of hydrogen-bond donors (Lipinski definition) is 1. The molecule has 0 aliphatic heterocycles. The number of halogens is 1. The third-order valence-corrected chi connectivity index (χ3v) is 6.27. The molecule has 3 nitrogen and oxygen atoms in total. The normalized spacial score (nSPS) is 30.4. The average molecular weight is 326 g/mol. The van der Waals surface area contributed by atoms with Gasteiger partial charge in [0, 0.05) is 10.9 Å². The third-order valence-electron chi connectivity index (χ3n) is 3.63. The zero-order valence-corrected chi connectivity index (χ0v) is 13.2. The standard InChI is InChI=1S/C12H24BrNO2S/c1-3-4-9-17(15,16)14-12(10-13)7-5-11(2)6-8-12/h11,14H,3-10H2,1-2H3. The van der Waals surface area contributed by atoms with Crippen LogP contribution in [0.5, 0.6) is 0 Å². The van der Waals surface area contributed by atoms with E-state index < -0.39 is 10.0 Å². The van der Waals surface area contributed by atoms with E-state index in [1.807, 2.05) is 6.92 Å². The highest BCUT2D eigenvalue weighted by Gasteiger charge is 2.36. The molecule has 0 aromatic heterocycles. The van der Waals surface area contributed by atoms with Crippen molar-refractivity contribution in [2.75, 3.05) is 11.1 Å². The number of unbranched alkanes of at least 4 members (excludes halogenated alkanes) is 1. The first-order valence-electron chi connectivity index (χ1n) is 6.51. The molecule has 0 unspecified atom stereocenters. The topological polar surface area (TPSA) is 46.2 Å². The summed E-state index contributed by atoms with van der Waals surface area (Å²) in [5.41, 5.74) is -0.237. The van der Waals surface area contributed by atoms with Gasteiger partial charge in [-0.25, -0.2) is 13.1 Å². The minimum absolute atomic E-state index is 0.237. The van der Waals surface area contributed by atoms with Crippen LogP contribution < -0.4 is 4.72 Å². The van der Waals surface area contributed by atoms with Crippen LogP contribution in [0.15, 0.2) is 0 Å². The number of sulfonamides is 1. The van der Waals surface area contributed by atoms with Crippen LogP contribution in [0.1, 0.15) is 52.4 Å². The molecule has 0 radical (unpaired) electrons. The molecule has 1 rings (SSSR count). The summed E-state index contributed by atoms with van der Waals surface area (Å²) in [4.78, 5) is 0. The van der Waals surface area contributed by atoms with Gasteiger partial charge in [-0.2, -0.15) is 0 Å². The quantitative estimate of drug-likeness (QED) is 0.763. The van der Waals surface area contributed by atoms with Crippen LogP contribution in [0.3, 0.4) is 0 Å². The zero-order chi connectivity index (χ0) is 12.9. The molecular weight excluding hydrogens is 302 g/mol. The molecule has 0 amide bonds. The van der Waals surface area contributed by atoms with Crippen molar-refractivity contribution in [1.29, 1.82) is 0 Å². The molecule has 0 aromatic carbocycles. The van der Waals surface area contributed by atoms with E-state index in [4.69, 9.17) is 0 Å². The van der Waals surface area contributed by atoms with E-state index in [9.17, 15) is 8.42 Å². The number of rotatable bonds is 6. The van der Waals surface area contributed by atoms with Crippen molar-refractivity contribution in [2.45, 2.75) is 57.9 Å². The van der Waals surface area contributed by atoms with Gasteiger partial charge >= 0.3 is 0 Å². The minimum Gasteiger partial charge on any atom is -0.212 e. The second-order valence-electron chi connectivity index (χ2n) is 5.37. The van der Waals surface area contributed by atoms with Crippen LogP contribution in [-0.4, -0.2) is 25.0 Å². The van der Waals surface area contributed by atoms with E-state index in [1.165, 1.54) is 0 Å². The molecule has 0 heterocycles. The Morgan fingerprint density at radius 1 is 1.35 bits per heavy atom. The maximum absolute atomic E-state index is 12.0. The second kappa shape index (κ2) is 6.53. The summed E-state index contributed by atoms with van der Waals surface area (Å²) < 4.78 is 26.9. The first-order chi connectivity index (χ1) is 7.93. The monoisotopic (exact) mass is 325 g/mol. The molecule has 1 fully saturated rings. The van der Waals surface area contributed by atoms with Gasteiger partial charge in [0.1, 0.15) is 0 Å². The number of hydrogen-bond acceptors (Lipinski definition) is 2. The van der Waals surface area contributed by atoms with Crippen molar-refractivity contribution in [3.63, 3.8) is 0 Å². The minimum atomic E-state index is -3.11. The lowest BCUT2D eigenvalue weighted by Crippen LogP contribution is -2.52. The SMILES string of the molecule is CCCCS(=O)(=O)NC1(CBr)CCC(C)CC1. The summed E-state index contributed by atoms with van der Waals surface area (Å²) in [6, 6.07) is 0. The van der Waals surface area contributed by atoms with E-state index >= 15 is 0 Å². The third kappa shape index (κ3) is 4.87. The van der Waals surface area contributed by atoms with E-state index in [0.29, 0.717) is 0 Å². The van der Waals surface area contributed by atoms with Crippen LogP contribution in [0.2, 0.25) is 0 Å². The zero-order valence-electron chi connectivity index (χ0n) is 10.8. The Morgan fingerprint density at radius 2 is 1.94 bits per heavy atom. The average Bonchev–Trinajstić information content (AvgIpc) is 2.30.